The Bertz CT molecular complexity index is 1030. The minimum atomic E-state index is -1.56. The van der Waals surface area contributed by atoms with Crippen molar-refractivity contribution in [2.45, 2.75) is 82.3 Å². The van der Waals surface area contributed by atoms with Crippen LogP contribution in [0.1, 0.15) is 60.3 Å². The van der Waals surface area contributed by atoms with E-state index in [4.69, 9.17) is 44.3 Å². The number of rotatable bonds is 4. The minimum Gasteiger partial charge on any atom is -0.463 e. The van der Waals surface area contributed by atoms with Crippen LogP contribution in [0.5, 0.6) is 0 Å². The lowest BCUT2D eigenvalue weighted by molar-refractivity contribution is -0.209. The van der Waals surface area contributed by atoms with Crippen molar-refractivity contribution in [3.8, 4) is 0 Å². The zero-order chi connectivity index (χ0) is 26.1. The summed E-state index contributed by atoms with van der Waals surface area (Å²) < 4.78 is 27.3. The second-order valence-electron chi connectivity index (χ2n) is 10.8. The molecule has 0 aromatic heterocycles. The Kier molecular flexibility index (Phi) is 6.72. The lowest BCUT2D eigenvalue weighted by Crippen LogP contribution is -2.69. The molecule has 3 saturated carbocycles. The van der Waals surface area contributed by atoms with E-state index in [1.165, 1.54) is 6.08 Å². The number of hydrogen-bond donors (Lipinski definition) is 0. The molecule has 0 saturated heterocycles. The van der Waals surface area contributed by atoms with E-state index in [1.807, 2.05) is 13.8 Å². The van der Waals surface area contributed by atoms with Crippen LogP contribution in [0.2, 0.25) is 0 Å². The van der Waals surface area contributed by atoms with E-state index in [9.17, 15) is 14.4 Å². The van der Waals surface area contributed by atoms with Gasteiger partial charge >= 0.3 is 11.9 Å². The molecular formula is C26H32Cl3FO5. The average molecular weight is 550 g/mol. The quantitative estimate of drug-likeness (QED) is 0.323. The summed E-state index contributed by atoms with van der Waals surface area (Å²) in [7, 11) is 0. The largest absolute Gasteiger partial charge is 0.463 e. The van der Waals surface area contributed by atoms with Gasteiger partial charge in [-0.1, -0.05) is 45.4 Å². The molecule has 0 bridgehead atoms. The molecule has 0 spiro atoms. The highest BCUT2D eigenvalue weighted by molar-refractivity contribution is 6.45. The second-order valence-corrected chi connectivity index (χ2v) is 12.4. The molecule has 194 valence electrons. The van der Waals surface area contributed by atoms with E-state index in [0.29, 0.717) is 6.42 Å². The summed E-state index contributed by atoms with van der Waals surface area (Å²) in [6.07, 6.45) is 2.28. The number of carbonyl (C=O) groups excluding carboxylic acids is 3. The summed E-state index contributed by atoms with van der Waals surface area (Å²) in [5, 5.41) is -0.889. The maximum Gasteiger partial charge on any atom is 0.351 e. The van der Waals surface area contributed by atoms with Gasteiger partial charge in [0.15, 0.2) is 5.78 Å². The monoisotopic (exact) mass is 548 g/mol. The molecule has 5 nitrogen and oxygen atoms in total. The standard InChI is InChI=1S/C26H32Cl3FO5/c1-6-19(32)35-26(22(33)34-7-2)13(3)10-14-15-11-16(30)20-21(28)17(31)8-9-23(20,4)25(15,29)18(27)12-24(14,26)5/h8-9,13-16,18H,6-7,10-12H2,1-5H3/t13-,14+,15+,16+,18+,23+,24+,25+,26+/m1/s1. The summed E-state index contributed by atoms with van der Waals surface area (Å²) in [5.41, 5.74) is -3.43. The number of hydrogen-bond acceptors (Lipinski definition) is 5. The zero-order valence-corrected chi connectivity index (χ0v) is 22.9. The van der Waals surface area contributed by atoms with Gasteiger partial charge in [0, 0.05) is 23.2 Å². The van der Waals surface area contributed by atoms with Crippen molar-refractivity contribution in [3.63, 3.8) is 0 Å². The van der Waals surface area contributed by atoms with Gasteiger partial charge in [-0.25, -0.2) is 9.18 Å². The first-order valence-electron chi connectivity index (χ1n) is 12.3. The van der Waals surface area contributed by atoms with Gasteiger partial charge < -0.3 is 9.47 Å². The van der Waals surface area contributed by atoms with Crippen LogP contribution >= 0.6 is 34.8 Å². The molecule has 9 heteroatoms. The lowest BCUT2D eigenvalue weighted by atomic mass is 9.46. The van der Waals surface area contributed by atoms with Crippen LogP contribution in [0.25, 0.3) is 0 Å². The minimum absolute atomic E-state index is 0.00257. The lowest BCUT2D eigenvalue weighted by Gasteiger charge is -2.64. The molecular weight excluding hydrogens is 518 g/mol. The average Bonchev–Trinajstić information content (AvgIpc) is 3.00. The predicted molar refractivity (Wildman–Crippen MR) is 132 cm³/mol. The number of fused-ring (bicyclic) bond motifs is 5. The van der Waals surface area contributed by atoms with E-state index in [2.05, 4.69) is 0 Å². The number of allylic oxidation sites excluding steroid dienone is 4. The maximum absolute atomic E-state index is 15.9. The van der Waals surface area contributed by atoms with Crippen LogP contribution in [-0.4, -0.2) is 46.4 Å². The Morgan fingerprint density at radius 1 is 1.20 bits per heavy atom. The third kappa shape index (κ3) is 3.28. The third-order valence-corrected chi connectivity index (χ3v) is 11.3. The van der Waals surface area contributed by atoms with Crippen LogP contribution in [-0.2, 0) is 23.9 Å². The van der Waals surface area contributed by atoms with Gasteiger partial charge in [-0.3, -0.25) is 9.59 Å². The van der Waals surface area contributed by atoms with Crippen molar-refractivity contribution >= 4 is 52.5 Å². The van der Waals surface area contributed by atoms with Gasteiger partial charge in [0.1, 0.15) is 6.17 Å². The number of alkyl halides is 3. The van der Waals surface area contributed by atoms with Crippen LogP contribution < -0.4 is 0 Å². The van der Waals surface area contributed by atoms with Crippen LogP contribution in [0.3, 0.4) is 0 Å². The Labute approximate surface area is 220 Å². The molecule has 4 aliphatic rings. The van der Waals surface area contributed by atoms with Crippen LogP contribution in [0, 0.1) is 28.6 Å². The molecule has 4 rings (SSSR count). The van der Waals surface area contributed by atoms with E-state index < -0.39 is 62.4 Å². The van der Waals surface area contributed by atoms with E-state index in [0.717, 1.165) is 0 Å². The van der Waals surface area contributed by atoms with Crippen molar-refractivity contribution in [1.82, 2.24) is 0 Å². The number of carbonyl (C=O) groups is 3. The smallest absolute Gasteiger partial charge is 0.351 e. The van der Waals surface area contributed by atoms with Crippen molar-refractivity contribution < 1.29 is 28.2 Å². The zero-order valence-electron chi connectivity index (χ0n) is 20.6. The SMILES string of the molecule is CCOC(=O)[C@@]1(OC(=O)CC)[C@H](C)C[C@H]2[C@@H]3C[C@H](F)C4=C(Cl)C(=O)C=C[C@]4(C)[C@@]3(Cl)[C@@H](Cl)C[C@@]21C. The van der Waals surface area contributed by atoms with Crippen molar-refractivity contribution in [2.24, 2.45) is 28.6 Å². The van der Waals surface area contributed by atoms with E-state index in [1.54, 1.807) is 26.8 Å². The normalized spacial score (nSPS) is 46.5. The third-order valence-electron chi connectivity index (χ3n) is 9.35. The van der Waals surface area contributed by atoms with Crippen LogP contribution in [0.4, 0.5) is 4.39 Å². The molecule has 0 unspecified atom stereocenters. The van der Waals surface area contributed by atoms with Crippen molar-refractivity contribution in [3.05, 3.63) is 22.8 Å². The highest BCUT2D eigenvalue weighted by atomic mass is 35.5. The highest BCUT2D eigenvalue weighted by Gasteiger charge is 2.78. The second kappa shape index (κ2) is 8.73. The molecule has 0 heterocycles. The van der Waals surface area contributed by atoms with Crippen molar-refractivity contribution in [2.75, 3.05) is 6.61 Å². The number of ketones is 1. The van der Waals surface area contributed by atoms with Gasteiger partial charge in [0.25, 0.3) is 0 Å². The predicted octanol–water partition coefficient (Wildman–Crippen LogP) is 5.89. The van der Waals surface area contributed by atoms with Gasteiger partial charge in [-0.05, 0) is 49.7 Å². The molecule has 0 aliphatic heterocycles. The van der Waals surface area contributed by atoms with Gasteiger partial charge in [0.2, 0.25) is 5.60 Å². The molecule has 0 aromatic rings. The van der Waals surface area contributed by atoms with Gasteiger partial charge in [-0.2, -0.15) is 0 Å². The Morgan fingerprint density at radius 2 is 1.86 bits per heavy atom. The molecule has 0 N–H and O–H groups in total. The van der Waals surface area contributed by atoms with Gasteiger partial charge in [-0.15, -0.1) is 23.2 Å². The first-order chi connectivity index (χ1) is 16.3. The summed E-state index contributed by atoms with van der Waals surface area (Å²) in [4.78, 5) is 37.3. The fourth-order valence-corrected chi connectivity index (χ4v) is 9.31. The first kappa shape index (κ1) is 26.9. The fraction of sp³-hybridized carbons (Fsp3) is 0.731. The van der Waals surface area contributed by atoms with Gasteiger partial charge in [0.05, 0.1) is 21.9 Å². The number of ether oxygens (including phenoxy) is 2. The van der Waals surface area contributed by atoms with E-state index >= 15 is 4.39 Å². The summed E-state index contributed by atoms with van der Waals surface area (Å²) >= 11 is 21.0. The Morgan fingerprint density at radius 3 is 2.46 bits per heavy atom. The van der Waals surface area contributed by atoms with Crippen LogP contribution in [0.15, 0.2) is 22.8 Å². The van der Waals surface area contributed by atoms with E-state index in [-0.39, 0.29) is 42.4 Å². The molecule has 9 atom stereocenters. The maximum atomic E-state index is 15.9. The number of esters is 2. The molecule has 35 heavy (non-hydrogen) atoms. The molecule has 0 amide bonds. The fourth-order valence-electron chi connectivity index (χ4n) is 7.74. The Balaban J connectivity index is 1.89. The molecule has 4 aliphatic carbocycles. The molecule has 3 fully saturated rings. The topological polar surface area (TPSA) is 69.7 Å². The molecule has 0 aromatic carbocycles. The summed E-state index contributed by atoms with van der Waals surface area (Å²) in [5.74, 6) is -2.73. The first-order valence-corrected chi connectivity index (χ1v) is 13.4. The summed E-state index contributed by atoms with van der Waals surface area (Å²) in [6, 6.07) is 0. The highest BCUT2D eigenvalue weighted by Crippen LogP contribution is 2.73. The summed E-state index contributed by atoms with van der Waals surface area (Å²) in [6.45, 7) is 9.03. The Hall–Kier alpha value is -1.11. The molecule has 0 radical (unpaired) electrons. The van der Waals surface area contributed by atoms with Crippen molar-refractivity contribution in [1.29, 1.82) is 0 Å². The number of halogens is 4.